The van der Waals surface area contributed by atoms with Crippen LogP contribution >= 0.6 is 0 Å². The zero-order valence-electron chi connectivity index (χ0n) is 15.8. The summed E-state index contributed by atoms with van der Waals surface area (Å²) in [6.07, 6.45) is 3.81. The summed E-state index contributed by atoms with van der Waals surface area (Å²) >= 11 is 0. The van der Waals surface area contributed by atoms with Crippen molar-refractivity contribution in [1.29, 1.82) is 0 Å². The molecular formula is C22H25N3O2. The van der Waals surface area contributed by atoms with Crippen molar-refractivity contribution in [2.24, 2.45) is 0 Å². The van der Waals surface area contributed by atoms with Crippen molar-refractivity contribution in [1.82, 2.24) is 15.1 Å². The summed E-state index contributed by atoms with van der Waals surface area (Å²) in [5.41, 5.74) is 4.94. The molecule has 0 radical (unpaired) electrons. The smallest absolute Gasteiger partial charge is 0.251 e. The zero-order chi connectivity index (χ0) is 19.1. The van der Waals surface area contributed by atoms with E-state index in [0.29, 0.717) is 18.7 Å². The number of aryl methyl sites for hydroxylation is 2. The van der Waals surface area contributed by atoms with Crippen LogP contribution in [0.15, 0.2) is 60.8 Å². The highest BCUT2D eigenvalue weighted by Gasteiger charge is 2.08. The second-order valence-corrected chi connectivity index (χ2v) is 6.51. The molecule has 0 aliphatic rings. The quantitative estimate of drug-likeness (QED) is 0.621. The number of carbonyl (C=O) groups is 1. The number of aromatic nitrogens is 2. The van der Waals surface area contributed by atoms with Crippen molar-refractivity contribution >= 4 is 5.91 Å². The van der Waals surface area contributed by atoms with Gasteiger partial charge in [0.25, 0.3) is 5.91 Å². The molecule has 0 spiro atoms. The average molecular weight is 363 g/mol. The molecule has 5 heteroatoms. The molecule has 3 aromatic rings. The van der Waals surface area contributed by atoms with Gasteiger partial charge in [-0.2, -0.15) is 5.10 Å². The maximum absolute atomic E-state index is 12.3. The van der Waals surface area contributed by atoms with Crippen LogP contribution in [-0.4, -0.2) is 29.3 Å². The van der Waals surface area contributed by atoms with E-state index in [0.717, 1.165) is 29.8 Å². The lowest BCUT2D eigenvalue weighted by atomic mass is 10.1. The van der Waals surface area contributed by atoms with Gasteiger partial charge in [-0.05, 0) is 55.2 Å². The van der Waals surface area contributed by atoms with Gasteiger partial charge in [0.15, 0.2) is 0 Å². The number of benzene rings is 2. The molecule has 27 heavy (non-hydrogen) atoms. The Kier molecular flexibility index (Phi) is 6.39. The van der Waals surface area contributed by atoms with E-state index in [-0.39, 0.29) is 5.91 Å². The zero-order valence-corrected chi connectivity index (χ0v) is 15.8. The highest BCUT2D eigenvalue weighted by atomic mass is 16.5. The Morgan fingerprint density at radius 3 is 2.74 bits per heavy atom. The number of rotatable bonds is 8. The second kappa shape index (κ2) is 9.14. The number of nitrogens with zero attached hydrogens (tertiary/aromatic N) is 2. The minimum Gasteiger partial charge on any atom is -0.380 e. The van der Waals surface area contributed by atoms with Gasteiger partial charge in [-0.3, -0.25) is 4.79 Å². The summed E-state index contributed by atoms with van der Waals surface area (Å²) in [4.78, 5) is 12.3. The fourth-order valence-corrected chi connectivity index (χ4v) is 3.01. The van der Waals surface area contributed by atoms with E-state index >= 15 is 0 Å². The lowest BCUT2D eigenvalue weighted by Crippen LogP contribution is -2.24. The van der Waals surface area contributed by atoms with E-state index in [4.69, 9.17) is 4.74 Å². The van der Waals surface area contributed by atoms with Gasteiger partial charge in [-0.15, -0.1) is 0 Å². The Hall–Kier alpha value is -2.92. The lowest BCUT2D eigenvalue weighted by molar-refractivity contribution is 0.0953. The number of carbonyl (C=O) groups excluding carboxylic acids is 1. The van der Waals surface area contributed by atoms with Crippen molar-refractivity contribution < 1.29 is 9.53 Å². The van der Waals surface area contributed by atoms with E-state index in [1.807, 2.05) is 66.2 Å². The first-order valence-electron chi connectivity index (χ1n) is 9.14. The van der Waals surface area contributed by atoms with Gasteiger partial charge in [-0.25, -0.2) is 4.68 Å². The Balaban J connectivity index is 1.51. The first-order valence-corrected chi connectivity index (χ1v) is 9.14. The Labute approximate surface area is 160 Å². The number of amides is 1. The molecule has 1 N–H and O–H groups in total. The van der Waals surface area contributed by atoms with Crippen LogP contribution in [-0.2, 0) is 17.8 Å². The number of nitrogens with one attached hydrogen (secondary N) is 1. The summed E-state index contributed by atoms with van der Waals surface area (Å²) in [5, 5.41) is 7.58. The molecule has 140 valence electrons. The molecule has 0 aliphatic heterocycles. The van der Waals surface area contributed by atoms with Crippen LogP contribution in [0.1, 0.15) is 33.6 Å². The predicted octanol–water partition coefficient (Wildman–Crippen LogP) is 3.69. The van der Waals surface area contributed by atoms with Gasteiger partial charge in [-0.1, -0.05) is 30.3 Å². The van der Waals surface area contributed by atoms with E-state index in [9.17, 15) is 4.79 Å². The standard InChI is InChI=1S/C22H25N3O2/c1-17-20(15-25(24-17)21-11-4-3-5-12-21)10-7-13-23-22(26)19-9-6-8-18(14-19)16-27-2/h3-6,8-9,11-12,14-15H,7,10,13,16H2,1-2H3,(H,23,26). The molecular weight excluding hydrogens is 338 g/mol. The fraction of sp³-hybridized carbons (Fsp3) is 0.273. The second-order valence-electron chi connectivity index (χ2n) is 6.51. The highest BCUT2D eigenvalue weighted by Crippen LogP contribution is 2.13. The molecule has 0 saturated carbocycles. The van der Waals surface area contributed by atoms with Crippen molar-refractivity contribution in [2.45, 2.75) is 26.4 Å². The number of methoxy groups -OCH3 is 1. The van der Waals surface area contributed by atoms with E-state index < -0.39 is 0 Å². The number of ether oxygens (including phenoxy) is 1. The van der Waals surface area contributed by atoms with E-state index in [1.54, 1.807) is 7.11 Å². The summed E-state index contributed by atoms with van der Waals surface area (Å²) < 4.78 is 7.02. The first-order chi connectivity index (χ1) is 13.2. The summed E-state index contributed by atoms with van der Waals surface area (Å²) in [5.74, 6) is -0.0512. The largest absolute Gasteiger partial charge is 0.380 e. The number of hydrogen-bond donors (Lipinski definition) is 1. The summed E-state index contributed by atoms with van der Waals surface area (Å²) in [6, 6.07) is 17.6. The lowest BCUT2D eigenvalue weighted by Gasteiger charge is -2.07. The minimum atomic E-state index is -0.0512. The van der Waals surface area contributed by atoms with Crippen molar-refractivity contribution in [3.8, 4) is 5.69 Å². The number of para-hydroxylation sites is 1. The van der Waals surface area contributed by atoms with Gasteiger partial charge in [0.2, 0.25) is 0 Å². The van der Waals surface area contributed by atoms with Crippen LogP contribution in [0, 0.1) is 6.92 Å². The molecule has 1 amide bonds. The molecule has 1 aromatic heterocycles. The van der Waals surface area contributed by atoms with Crippen molar-refractivity contribution in [3.05, 3.63) is 83.2 Å². The summed E-state index contributed by atoms with van der Waals surface area (Å²) in [7, 11) is 1.65. The maximum atomic E-state index is 12.3. The third-order valence-corrected chi connectivity index (χ3v) is 4.43. The van der Waals surface area contributed by atoms with Crippen LogP contribution in [0.25, 0.3) is 5.69 Å². The Morgan fingerprint density at radius 2 is 1.96 bits per heavy atom. The van der Waals surface area contributed by atoms with Gasteiger partial charge in [0.1, 0.15) is 0 Å². The third-order valence-electron chi connectivity index (χ3n) is 4.43. The first kappa shape index (κ1) is 18.9. The predicted molar refractivity (Wildman–Crippen MR) is 106 cm³/mol. The fourth-order valence-electron chi connectivity index (χ4n) is 3.01. The highest BCUT2D eigenvalue weighted by molar-refractivity contribution is 5.94. The topological polar surface area (TPSA) is 56.1 Å². The summed E-state index contributed by atoms with van der Waals surface area (Å²) in [6.45, 7) is 3.16. The molecule has 0 atom stereocenters. The van der Waals surface area contributed by atoms with E-state index in [1.165, 1.54) is 5.56 Å². The SMILES string of the molecule is COCc1cccc(C(=O)NCCCc2cn(-c3ccccc3)nc2C)c1. The van der Waals surface area contributed by atoms with E-state index in [2.05, 4.69) is 16.6 Å². The molecule has 0 fully saturated rings. The van der Waals surface area contributed by atoms with Gasteiger partial charge < -0.3 is 10.1 Å². The van der Waals surface area contributed by atoms with Gasteiger partial charge in [0, 0.05) is 25.4 Å². The van der Waals surface area contributed by atoms with Crippen LogP contribution in [0.3, 0.4) is 0 Å². The maximum Gasteiger partial charge on any atom is 0.251 e. The normalized spacial score (nSPS) is 10.7. The molecule has 5 nitrogen and oxygen atoms in total. The third kappa shape index (κ3) is 5.05. The van der Waals surface area contributed by atoms with Crippen LogP contribution in [0.4, 0.5) is 0 Å². The molecule has 0 saturated heterocycles. The monoisotopic (exact) mass is 363 g/mol. The molecule has 3 rings (SSSR count). The van der Waals surface area contributed by atoms with Crippen molar-refractivity contribution in [3.63, 3.8) is 0 Å². The average Bonchev–Trinajstić information content (AvgIpc) is 3.07. The minimum absolute atomic E-state index is 0.0512. The molecule has 0 unspecified atom stereocenters. The number of hydrogen-bond acceptors (Lipinski definition) is 3. The van der Waals surface area contributed by atoms with Crippen LogP contribution in [0.2, 0.25) is 0 Å². The Morgan fingerprint density at radius 1 is 1.15 bits per heavy atom. The molecule has 0 aliphatic carbocycles. The molecule has 0 bridgehead atoms. The van der Waals surface area contributed by atoms with Gasteiger partial charge in [0.05, 0.1) is 18.0 Å². The Bertz CT molecular complexity index is 888. The molecule has 1 heterocycles. The molecule has 2 aromatic carbocycles. The van der Waals surface area contributed by atoms with Gasteiger partial charge >= 0.3 is 0 Å². The van der Waals surface area contributed by atoms with Crippen LogP contribution < -0.4 is 5.32 Å². The van der Waals surface area contributed by atoms with Crippen molar-refractivity contribution in [2.75, 3.05) is 13.7 Å². The van der Waals surface area contributed by atoms with Crippen LogP contribution in [0.5, 0.6) is 0 Å².